The molecule has 0 aromatic heterocycles. The van der Waals surface area contributed by atoms with Crippen molar-refractivity contribution < 1.29 is 14.7 Å². The van der Waals surface area contributed by atoms with Crippen molar-refractivity contribution in [3.8, 4) is 0 Å². The molecule has 1 saturated carbocycles. The predicted molar refractivity (Wildman–Crippen MR) is 109 cm³/mol. The van der Waals surface area contributed by atoms with E-state index in [-0.39, 0.29) is 21.6 Å². The second kappa shape index (κ2) is 8.06. The van der Waals surface area contributed by atoms with E-state index in [1.54, 1.807) is 6.07 Å². The van der Waals surface area contributed by atoms with Gasteiger partial charge in [0, 0.05) is 5.69 Å². The van der Waals surface area contributed by atoms with E-state index in [1.165, 1.54) is 12.1 Å². The van der Waals surface area contributed by atoms with Gasteiger partial charge in [-0.05, 0) is 48.8 Å². The van der Waals surface area contributed by atoms with E-state index in [1.807, 2.05) is 30.3 Å². The molecule has 140 valence electrons. The van der Waals surface area contributed by atoms with Crippen LogP contribution in [0.5, 0.6) is 0 Å². The van der Waals surface area contributed by atoms with Gasteiger partial charge >= 0.3 is 5.97 Å². The molecule has 5 nitrogen and oxygen atoms in total. The lowest BCUT2D eigenvalue weighted by molar-refractivity contribution is -0.125. The average molecular weight is 403 g/mol. The molecule has 7 heteroatoms. The largest absolute Gasteiger partial charge is 0.478 e. The van der Waals surface area contributed by atoms with Crippen LogP contribution in [0.2, 0.25) is 5.02 Å². The molecule has 3 N–H and O–H groups in total. The van der Waals surface area contributed by atoms with Crippen molar-refractivity contribution >= 4 is 46.5 Å². The minimum absolute atomic E-state index is 0.00570. The Labute approximate surface area is 167 Å². The van der Waals surface area contributed by atoms with Gasteiger partial charge < -0.3 is 15.7 Å². The van der Waals surface area contributed by atoms with Crippen molar-refractivity contribution in [3.63, 3.8) is 0 Å². The lowest BCUT2D eigenvalue weighted by atomic mass is 9.78. The van der Waals surface area contributed by atoms with Crippen LogP contribution in [-0.2, 0) is 10.2 Å². The Kier molecular flexibility index (Phi) is 5.77. The Bertz CT molecular complexity index is 880. The van der Waals surface area contributed by atoms with E-state index >= 15 is 0 Å². The summed E-state index contributed by atoms with van der Waals surface area (Å²) in [5.74, 6) is -1.23. The smallest absolute Gasteiger partial charge is 0.337 e. The highest BCUT2D eigenvalue weighted by molar-refractivity contribution is 7.80. The first-order chi connectivity index (χ1) is 12.9. The molecule has 1 aliphatic carbocycles. The van der Waals surface area contributed by atoms with E-state index < -0.39 is 11.4 Å². The van der Waals surface area contributed by atoms with Crippen LogP contribution in [0.1, 0.15) is 41.6 Å². The van der Waals surface area contributed by atoms with E-state index in [4.69, 9.17) is 28.9 Å². The molecule has 2 aromatic carbocycles. The maximum absolute atomic E-state index is 13.0. The Morgan fingerprint density at radius 3 is 2.33 bits per heavy atom. The number of carbonyl (C=O) groups excluding carboxylic acids is 1. The number of hydrogen-bond donors (Lipinski definition) is 3. The molecular formula is C20H19ClN2O3S. The molecule has 2 aromatic rings. The summed E-state index contributed by atoms with van der Waals surface area (Å²) in [6.45, 7) is 0. The Morgan fingerprint density at radius 1 is 1.07 bits per heavy atom. The number of thiocarbonyl (C=S) groups is 1. The molecule has 27 heavy (non-hydrogen) atoms. The standard InChI is InChI=1S/C20H19ClN2O3S/c21-16-12-14(8-9-15(16)17(24)25)22-19(27)23-18(26)20(10-4-5-11-20)13-6-2-1-3-7-13/h1-3,6-9,12H,4-5,10-11H2,(H,24,25)(H2,22,23,26,27). The first kappa shape index (κ1) is 19.3. The SMILES string of the molecule is O=C(O)c1ccc(NC(=S)NC(=O)C2(c3ccccc3)CCCC2)cc1Cl. The third kappa shape index (κ3) is 4.12. The summed E-state index contributed by atoms with van der Waals surface area (Å²) in [4.78, 5) is 24.1. The number of nitrogens with one attached hydrogen (secondary N) is 2. The van der Waals surface area contributed by atoms with Crippen LogP contribution in [0.4, 0.5) is 5.69 Å². The molecule has 1 fully saturated rings. The van der Waals surface area contributed by atoms with Gasteiger partial charge in [-0.1, -0.05) is 54.8 Å². The summed E-state index contributed by atoms with van der Waals surface area (Å²) in [6.07, 6.45) is 3.55. The summed E-state index contributed by atoms with van der Waals surface area (Å²) >= 11 is 11.2. The molecule has 0 unspecified atom stereocenters. The minimum Gasteiger partial charge on any atom is -0.478 e. The third-order valence-electron chi connectivity index (χ3n) is 4.90. The summed E-state index contributed by atoms with van der Waals surface area (Å²) in [7, 11) is 0. The number of benzene rings is 2. The van der Waals surface area contributed by atoms with Gasteiger partial charge in [0.25, 0.3) is 0 Å². The topological polar surface area (TPSA) is 78.4 Å². The molecule has 1 amide bonds. The Balaban J connectivity index is 1.72. The van der Waals surface area contributed by atoms with Gasteiger partial charge in [-0.2, -0.15) is 0 Å². The van der Waals surface area contributed by atoms with Gasteiger partial charge in [-0.25, -0.2) is 4.79 Å². The molecule has 3 rings (SSSR count). The van der Waals surface area contributed by atoms with Crippen LogP contribution in [0.25, 0.3) is 0 Å². The molecule has 0 heterocycles. The fourth-order valence-electron chi connectivity index (χ4n) is 3.53. The third-order valence-corrected chi connectivity index (χ3v) is 5.42. The number of hydrogen-bond acceptors (Lipinski definition) is 3. The van der Waals surface area contributed by atoms with E-state index in [0.29, 0.717) is 5.69 Å². The molecule has 0 atom stereocenters. The molecular weight excluding hydrogens is 384 g/mol. The quantitative estimate of drug-likeness (QED) is 0.662. The number of anilines is 1. The van der Waals surface area contributed by atoms with Crippen molar-refractivity contribution in [2.75, 3.05) is 5.32 Å². The lowest BCUT2D eigenvalue weighted by Gasteiger charge is -2.28. The first-order valence-electron chi connectivity index (χ1n) is 8.63. The molecule has 0 saturated heterocycles. The fraction of sp³-hybridized carbons (Fsp3) is 0.250. The van der Waals surface area contributed by atoms with Crippen LogP contribution in [0.3, 0.4) is 0 Å². The van der Waals surface area contributed by atoms with Crippen molar-refractivity contribution in [3.05, 3.63) is 64.7 Å². The number of carbonyl (C=O) groups is 2. The summed E-state index contributed by atoms with van der Waals surface area (Å²) in [6, 6.07) is 14.2. The second-order valence-electron chi connectivity index (χ2n) is 6.56. The highest BCUT2D eigenvalue weighted by atomic mass is 35.5. The number of halogens is 1. The highest BCUT2D eigenvalue weighted by Crippen LogP contribution is 2.41. The van der Waals surface area contributed by atoms with Crippen molar-refractivity contribution in [1.82, 2.24) is 5.32 Å². The van der Waals surface area contributed by atoms with Gasteiger partial charge in [0.05, 0.1) is 16.0 Å². The van der Waals surface area contributed by atoms with Crippen LogP contribution in [0, 0.1) is 0 Å². The Morgan fingerprint density at radius 2 is 1.74 bits per heavy atom. The maximum atomic E-state index is 13.0. The van der Waals surface area contributed by atoms with Crippen LogP contribution >= 0.6 is 23.8 Å². The zero-order chi connectivity index (χ0) is 19.4. The van der Waals surface area contributed by atoms with Gasteiger partial charge in [-0.15, -0.1) is 0 Å². The average Bonchev–Trinajstić information content (AvgIpc) is 3.13. The van der Waals surface area contributed by atoms with Gasteiger partial charge in [0.15, 0.2) is 5.11 Å². The zero-order valence-corrected chi connectivity index (χ0v) is 16.1. The first-order valence-corrected chi connectivity index (χ1v) is 9.42. The summed E-state index contributed by atoms with van der Waals surface area (Å²) in [5, 5.41) is 15.0. The Hall–Kier alpha value is -2.44. The number of rotatable bonds is 4. The number of amides is 1. The number of carboxylic acids is 1. The molecule has 0 bridgehead atoms. The number of carboxylic acid groups (broad SMARTS) is 1. The molecule has 0 spiro atoms. The van der Waals surface area contributed by atoms with Crippen LogP contribution in [-0.4, -0.2) is 22.1 Å². The normalized spacial score (nSPS) is 15.1. The summed E-state index contributed by atoms with van der Waals surface area (Å²) < 4.78 is 0. The van der Waals surface area contributed by atoms with Crippen molar-refractivity contribution in [2.45, 2.75) is 31.1 Å². The van der Waals surface area contributed by atoms with Crippen molar-refractivity contribution in [2.24, 2.45) is 0 Å². The summed E-state index contributed by atoms with van der Waals surface area (Å²) in [5.41, 5.74) is 0.941. The molecule has 0 aliphatic heterocycles. The maximum Gasteiger partial charge on any atom is 0.337 e. The highest BCUT2D eigenvalue weighted by Gasteiger charge is 2.42. The van der Waals surface area contributed by atoms with E-state index in [2.05, 4.69) is 10.6 Å². The zero-order valence-electron chi connectivity index (χ0n) is 14.5. The molecule has 0 radical (unpaired) electrons. The van der Waals surface area contributed by atoms with Crippen molar-refractivity contribution in [1.29, 1.82) is 0 Å². The minimum atomic E-state index is -1.10. The monoisotopic (exact) mass is 402 g/mol. The van der Waals surface area contributed by atoms with Gasteiger partial charge in [0.1, 0.15) is 0 Å². The predicted octanol–water partition coefficient (Wildman–Crippen LogP) is 4.36. The number of aromatic carboxylic acids is 1. The van der Waals surface area contributed by atoms with Gasteiger partial charge in [0.2, 0.25) is 5.91 Å². The fourth-order valence-corrected chi connectivity index (χ4v) is 4.01. The van der Waals surface area contributed by atoms with Gasteiger partial charge in [-0.3, -0.25) is 4.79 Å². The second-order valence-corrected chi connectivity index (χ2v) is 7.38. The lowest BCUT2D eigenvalue weighted by Crippen LogP contribution is -2.46. The van der Waals surface area contributed by atoms with Crippen LogP contribution in [0.15, 0.2) is 48.5 Å². The van der Waals surface area contributed by atoms with Crippen LogP contribution < -0.4 is 10.6 Å². The molecule has 1 aliphatic rings. The van der Waals surface area contributed by atoms with E-state index in [9.17, 15) is 9.59 Å². The van der Waals surface area contributed by atoms with E-state index in [0.717, 1.165) is 31.2 Å².